The SMILES string of the molecule is CCN(CC)CCNC(=O)c1ccc(Cl)nc1.Cl. The van der Waals surface area contributed by atoms with Crippen LogP contribution in [0.2, 0.25) is 5.15 Å². The second kappa shape index (κ2) is 9.14. The van der Waals surface area contributed by atoms with E-state index in [1.54, 1.807) is 12.1 Å². The van der Waals surface area contributed by atoms with E-state index in [-0.39, 0.29) is 18.3 Å². The minimum Gasteiger partial charge on any atom is -0.351 e. The van der Waals surface area contributed by atoms with Gasteiger partial charge in [0.1, 0.15) is 5.15 Å². The monoisotopic (exact) mass is 291 g/mol. The number of halogens is 2. The van der Waals surface area contributed by atoms with Crippen LogP contribution in [0.25, 0.3) is 0 Å². The molecule has 0 fully saturated rings. The van der Waals surface area contributed by atoms with Crippen molar-refractivity contribution in [3.8, 4) is 0 Å². The van der Waals surface area contributed by atoms with Crippen LogP contribution in [0.5, 0.6) is 0 Å². The van der Waals surface area contributed by atoms with Crippen molar-refractivity contribution >= 4 is 29.9 Å². The van der Waals surface area contributed by atoms with Gasteiger partial charge in [-0.05, 0) is 25.2 Å². The van der Waals surface area contributed by atoms with Crippen molar-refractivity contribution in [3.63, 3.8) is 0 Å². The first kappa shape index (κ1) is 17.2. The highest BCUT2D eigenvalue weighted by atomic mass is 35.5. The number of likely N-dealkylation sites (N-methyl/N-ethyl adjacent to an activating group) is 1. The third-order valence-corrected chi connectivity index (χ3v) is 2.82. The maximum absolute atomic E-state index is 11.7. The lowest BCUT2D eigenvalue weighted by molar-refractivity contribution is 0.0948. The van der Waals surface area contributed by atoms with Crippen molar-refractivity contribution in [2.45, 2.75) is 13.8 Å². The van der Waals surface area contributed by atoms with Crippen LogP contribution in [0, 0.1) is 0 Å². The Bertz CT molecular complexity index is 353. The van der Waals surface area contributed by atoms with Crippen LogP contribution in [0.15, 0.2) is 18.3 Å². The smallest absolute Gasteiger partial charge is 0.252 e. The molecule has 1 amide bonds. The zero-order chi connectivity index (χ0) is 12.7. The molecule has 0 atom stereocenters. The number of hydrogen-bond donors (Lipinski definition) is 1. The maximum atomic E-state index is 11.7. The fraction of sp³-hybridized carbons (Fsp3) is 0.500. The number of amides is 1. The van der Waals surface area contributed by atoms with Gasteiger partial charge in [-0.15, -0.1) is 12.4 Å². The molecule has 0 aliphatic carbocycles. The van der Waals surface area contributed by atoms with Crippen molar-refractivity contribution in [3.05, 3.63) is 29.0 Å². The summed E-state index contributed by atoms with van der Waals surface area (Å²) in [6.45, 7) is 7.70. The Morgan fingerprint density at radius 1 is 1.39 bits per heavy atom. The molecular formula is C12H19Cl2N3O. The molecular weight excluding hydrogens is 273 g/mol. The number of carbonyl (C=O) groups excluding carboxylic acids is 1. The Morgan fingerprint density at radius 3 is 2.56 bits per heavy atom. The van der Waals surface area contributed by atoms with Gasteiger partial charge in [-0.25, -0.2) is 4.98 Å². The van der Waals surface area contributed by atoms with Crippen LogP contribution in [-0.2, 0) is 0 Å². The lowest BCUT2D eigenvalue weighted by Gasteiger charge is -2.17. The quantitative estimate of drug-likeness (QED) is 0.818. The van der Waals surface area contributed by atoms with Crippen molar-refractivity contribution in [1.29, 1.82) is 0 Å². The van der Waals surface area contributed by atoms with E-state index >= 15 is 0 Å². The minimum absolute atomic E-state index is 0. The van der Waals surface area contributed by atoms with Crippen molar-refractivity contribution in [2.75, 3.05) is 26.2 Å². The summed E-state index contributed by atoms with van der Waals surface area (Å²) >= 11 is 5.65. The van der Waals surface area contributed by atoms with Gasteiger partial charge in [0.25, 0.3) is 5.91 Å². The summed E-state index contributed by atoms with van der Waals surface area (Å²) < 4.78 is 0. The number of rotatable bonds is 6. The average Bonchev–Trinajstić information content (AvgIpc) is 2.35. The molecule has 0 spiro atoms. The first-order valence-electron chi connectivity index (χ1n) is 5.79. The second-order valence-corrected chi connectivity index (χ2v) is 4.04. The van der Waals surface area contributed by atoms with Gasteiger partial charge < -0.3 is 10.2 Å². The molecule has 0 unspecified atom stereocenters. The molecule has 4 nitrogen and oxygen atoms in total. The van der Waals surface area contributed by atoms with Crippen LogP contribution in [0.4, 0.5) is 0 Å². The van der Waals surface area contributed by atoms with Crippen molar-refractivity contribution in [2.24, 2.45) is 0 Å². The largest absolute Gasteiger partial charge is 0.351 e. The van der Waals surface area contributed by atoms with Crippen LogP contribution >= 0.6 is 24.0 Å². The molecule has 0 aromatic carbocycles. The molecule has 0 saturated heterocycles. The van der Waals surface area contributed by atoms with E-state index < -0.39 is 0 Å². The van der Waals surface area contributed by atoms with E-state index in [0.717, 1.165) is 19.6 Å². The number of carbonyl (C=O) groups is 1. The fourth-order valence-corrected chi connectivity index (χ4v) is 1.59. The fourth-order valence-electron chi connectivity index (χ4n) is 1.48. The molecule has 1 heterocycles. The lowest BCUT2D eigenvalue weighted by Crippen LogP contribution is -2.34. The molecule has 0 aliphatic rings. The van der Waals surface area contributed by atoms with Gasteiger partial charge in [0, 0.05) is 19.3 Å². The first-order chi connectivity index (χ1) is 8.17. The second-order valence-electron chi connectivity index (χ2n) is 3.65. The molecule has 6 heteroatoms. The number of hydrogen-bond acceptors (Lipinski definition) is 3. The highest BCUT2D eigenvalue weighted by Crippen LogP contribution is 2.04. The third-order valence-electron chi connectivity index (χ3n) is 2.60. The first-order valence-corrected chi connectivity index (χ1v) is 6.17. The molecule has 1 aromatic rings. The van der Waals surface area contributed by atoms with Gasteiger partial charge in [0.05, 0.1) is 5.56 Å². The Hall–Kier alpha value is -0.840. The normalized spacial score (nSPS) is 10.0. The molecule has 0 saturated carbocycles. The third kappa shape index (κ3) is 5.67. The maximum Gasteiger partial charge on any atom is 0.252 e. The number of aromatic nitrogens is 1. The van der Waals surface area contributed by atoms with Gasteiger partial charge in [0.2, 0.25) is 0 Å². The Balaban J connectivity index is 0.00000289. The summed E-state index contributed by atoms with van der Waals surface area (Å²) in [5.74, 6) is -0.110. The van der Waals surface area contributed by atoms with Crippen LogP contribution in [0.3, 0.4) is 0 Å². The Kier molecular flexibility index (Phi) is 8.71. The number of pyridine rings is 1. The van der Waals surface area contributed by atoms with Gasteiger partial charge in [-0.1, -0.05) is 25.4 Å². The van der Waals surface area contributed by atoms with E-state index in [4.69, 9.17) is 11.6 Å². The van der Waals surface area contributed by atoms with Gasteiger partial charge >= 0.3 is 0 Å². The highest BCUT2D eigenvalue weighted by Gasteiger charge is 2.05. The molecule has 1 aromatic heterocycles. The van der Waals surface area contributed by atoms with E-state index in [0.29, 0.717) is 17.3 Å². The van der Waals surface area contributed by atoms with Crippen LogP contribution in [-0.4, -0.2) is 42.0 Å². The molecule has 102 valence electrons. The van der Waals surface area contributed by atoms with Crippen LogP contribution < -0.4 is 5.32 Å². The van der Waals surface area contributed by atoms with Crippen molar-refractivity contribution < 1.29 is 4.79 Å². The average molecular weight is 292 g/mol. The summed E-state index contributed by atoms with van der Waals surface area (Å²) in [7, 11) is 0. The summed E-state index contributed by atoms with van der Waals surface area (Å²) in [4.78, 5) is 17.8. The summed E-state index contributed by atoms with van der Waals surface area (Å²) in [6.07, 6.45) is 1.48. The Morgan fingerprint density at radius 2 is 2.06 bits per heavy atom. The van der Waals surface area contributed by atoms with E-state index in [1.165, 1.54) is 6.20 Å². The van der Waals surface area contributed by atoms with Gasteiger partial charge in [-0.2, -0.15) is 0 Å². The standard InChI is InChI=1S/C12H18ClN3O.ClH/c1-3-16(4-2)8-7-14-12(17)10-5-6-11(13)15-9-10;/h5-6,9H,3-4,7-8H2,1-2H3,(H,14,17);1H. The van der Waals surface area contributed by atoms with Gasteiger partial charge in [0.15, 0.2) is 0 Å². The topological polar surface area (TPSA) is 45.2 Å². The van der Waals surface area contributed by atoms with Crippen LogP contribution in [0.1, 0.15) is 24.2 Å². The zero-order valence-corrected chi connectivity index (χ0v) is 12.2. The Labute approximate surface area is 119 Å². The molecule has 1 rings (SSSR count). The van der Waals surface area contributed by atoms with E-state index in [1.807, 2.05) is 0 Å². The van der Waals surface area contributed by atoms with E-state index in [9.17, 15) is 4.79 Å². The molecule has 1 N–H and O–H groups in total. The zero-order valence-electron chi connectivity index (χ0n) is 10.6. The highest BCUT2D eigenvalue weighted by molar-refractivity contribution is 6.29. The van der Waals surface area contributed by atoms with Crippen molar-refractivity contribution in [1.82, 2.24) is 15.2 Å². The summed E-state index contributed by atoms with van der Waals surface area (Å²) in [6, 6.07) is 3.28. The number of nitrogens with one attached hydrogen (secondary N) is 1. The summed E-state index contributed by atoms with van der Waals surface area (Å²) in [5, 5.41) is 3.25. The lowest BCUT2D eigenvalue weighted by atomic mass is 10.3. The molecule has 0 aliphatic heterocycles. The predicted octanol–water partition coefficient (Wildman–Crippen LogP) is 2.23. The minimum atomic E-state index is -0.110. The molecule has 0 bridgehead atoms. The number of nitrogens with zero attached hydrogens (tertiary/aromatic N) is 2. The summed E-state index contributed by atoms with van der Waals surface area (Å²) in [5.41, 5.74) is 0.536. The molecule has 0 radical (unpaired) electrons. The predicted molar refractivity (Wildman–Crippen MR) is 76.6 cm³/mol. The van der Waals surface area contributed by atoms with Gasteiger partial charge in [-0.3, -0.25) is 4.79 Å². The molecule has 18 heavy (non-hydrogen) atoms. The van der Waals surface area contributed by atoms with E-state index in [2.05, 4.69) is 29.0 Å².